The van der Waals surface area contributed by atoms with Crippen LogP contribution in [0.4, 0.5) is 0 Å². The van der Waals surface area contributed by atoms with Gasteiger partial charge in [-0.05, 0) is 51.4 Å². The van der Waals surface area contributed by atoms with Crippen LogP contribution in [0.15, 0.2) is 24.3 Å². The molecule has 0 rings (SSSR count). The third-order valence-electron chi connectivity index (χ3n) is 8.20. The quantitative estimate of drug-likeness (QED) is 0.0469. The molecule has 0 aliphatic heterocycles. The molecule has 0 aromatic heterocycles. The van der Waals surface area contributed by atoms with Gasteiger partial charge in [-0.2, -0.15) is 0 Å². The maximum absolute atomic E-state index is 12.1. The lowest BCUT2D eigenvalue weighted by molar-refractivity contribution is -0.164. The zero-order chi connectivity index (χ0) is 30.8. The number of unbranched alkanes of at least 4 members (excludes halogenated alkanes) is 23. The van der Waals surface area contributed by atoms with Crippen molar-refractivity contribution in [2.75, 3.05) is 0 Å². The Morgan fingerprint density at radius 1 is 0.524 bits per heavy atom. The zero-order valence-corrected chi connectivity index (χ0v) is 28.1. The topological polar surface area (TPSA) is 63.6 Å². The zero-order valence-electron chi connectivity index (χ0n) is 28.1. The lowest BCUT2D eigenvalue weighted by Crippen LogP contribution is -2.27. The van der Waals surface area contributed by atoms with Crippen molar-refractivity contribution in [2.45, 2.75) is 206 Å². The maximum Gasteiger partial charge on any atom is 0.345 e. The first-order valence-corrected chi connectivity index (χ1v) is 18.3. The monoisotopic (exact) mass is 591 g/mol. The van der Waals surface area contributed by atoms with Gasteiger partial charge in [0.05, 0.1) is 0 Å². The van der Waals surface area contributed by atoms with Crippen LogP contribution < -0.4 is 0 Å². The molecule has 0 saturated heterocycles. The largest absolute Gasteiger partial charge is 0.479 e. The molecular weight excluding hydrogens is 520 g/mol. The Kier molecular flexibility index (Phi) is 32.6. The number of carbonyl (C=O) groups excluding carboxylic acids is 1. The Balaban J connectivity index is 3.51. The van der Waals surface area contributed by atoms with Crippen molar-refractivity contribution in [1.29, 1.82) is 0 Å². The highest BCUT2D eigenvalue weighted by Crippen LogP contribution is 2.16. The van der Waals surface area contributed by atoms with Gasteiger partial charge in [0.25, 0.3) is 0 Å². The average Bonchev–Trinajstić information content (AvgIpc) is 2.98. The fraction of sp³-hybridized carbons (Fsp3) is 0.842. The van der Waals surface area contributed by atoms with E-state index < -0.39 is 12.1 Å². The first-order valence-electron chi connectivity index (χ1n) is 18.3. The van der Waals surface area contributed by atoms with Gasteiger partial charge in [0.1, 0.15) is 0 Å². The van der Waals surface area contributed by atoms with Gasteiger partial charge < -0.3 is 9.84 Å². The number of hydrogen-bond donors (Lipinski definition) is 1. The molecular formula is C38H70O4. The molecule has 0 bridgehead atoms. The van der Waals surface area contributed by atoms with E-state index in [0.29, 0.717) is 12.8 Å². The van der Waals surface area contributed by atoms with E-state index in [1.54, 1.807) is 0 Å². The van der Waals surface area contributed by atoms with Gasteiger partial charge in [-0.3, -0.25) is 4.79 Å². The number of esters is 1. The van der Waals surface area contributed by atoms with Crippen molar-refractivity contribution >= 4 is 11.9 Å². The predicted molar refractivity (Wildman–Crippen MR) is 181 cm³/mol. The van der Waals surface area contributed by atoms with Crippen LogP contribution in [0.5, 0.6) is 0 Å². The van der Waals surface area contributed by atoms with Crippen LogP contribution in [-0.2, 0) is 14.3 Å². The van der Waals surface area contributed by atoms with Crippen LogP contribution >= 0.6 is 0 Å². The van der Waals surface area contributed by atoms with Crippen molar-refractivity contribution in [3.8, 4) is 0 Å². The van der Waals surface area contributed by atoms with E-state index >= 15 is 0 Å². The van der Waals surface area contributed by atoms with Gasteiger partial charge in [-0.1, -0.05) is 167 Å². The minimum absolute atomic E-state index is 0.340. The second-order valence-electron chi connectivity index (χ2n) is 12.4. The van der Waals surface area contributed by atoms with E-state index in [4.69, 9.17) is 4.74 Å². The molecule has 4 heteroatoms. The van der Waals surface area contributed by atoms with Crippen LogP contribution in [0.2, 0.25) is 0 Å². The average molecular weight is 591 g/mol. The second kappa shape index (κ2) is 33.9. The Bertz CT molecular complexity index is 639. The highest BCUT2D eigenvalue weighted by atomic mass is 16.6. The third kappa shape index (κ3) is 31.4. The van der Waals surface area contributed by atoms with Crippen molar-refractivity contribution in [3.63, 3.8) is 0 Å². The summed E-state index contributed by atoms with van der Waals surface area (Å²) < 4.78 is 5.29. The van der Waals surface area contributed by atoms with Gasteiger partial charge >= 0.3 is 11.9 Å². The molecule has 0 amide bonds. The molecule has 246 valence electrons. The van der Waals surface area contributed by atoms with E-state index in [-0.39, 0.29) is 5.97 Å². The maximum atomic E-state index is 12.1. The van der Waals surface area contributed by atoms with Crippen LogP contribution in [0.25, 0.3) is 0 Å². The molecule has 1 unspecified atom stereocenters. The molecule has 0 radical (unpaired) electrons. The molecule has 1 atom stereocenters. The van der Waals surface area contributed by atoms with Gasteiger partial charge in [-0.15, -0.1) is 0 Å². The van der Waals surface area contributed by atoms with Crippen molar-refractivity contribution in [3.05, 3.63) is 24.3 Å². The summed E-state index contributed by atoms with van der Waals surface area (Å²) in [5, 5.41) is 9.43. The van der Waals surface area contributed by atoms with E-state index in [1.807, 2.05) is 0 Å². The molecule has 0 saturated carbocycles. The normalized spacial score (nSPS) is 12.4. The predicted octanol–water partition coefficient (Wildman–Crippen LogP) is 12.4. The summed E-state index contributed by atoms with van der Waals surface area (Å²) in [5.74, 6) is -1.35. The minimum Gasteiger partial charge on any atom is -0.479 e. The van der Waals surface area contributed by atoms with Crippen LogP contribution in [0, 0.1) is 0 Å². The van der Waals surface area contributed by atoms with Crippen molar-refractivity contribution in [2.24, 2.45) is 0 Å². The van der Waals surface area contributed by atoms with Gasteiger partial charge in [-0.25, -0.2) is 4.79 Å². The Morgan fingerprint density at radius 3 is 1.38 bits per heavy atom. The summed E-state index contributed by atoms with van der Waals surface area (Å²) >= 11 is 0. The molecule has 4 nitrogen and oxygen atoms in total. The SMILES string of the molecule is CCCCC/C=C\C/C=C\CCCCCCCCCCCCCC(=O)OC(CCCCCCCCCCCC)C(=O)O. The smallest absolute Gasteiger partial charge is 0.345 e. The van der Waals surface area contributed by atoms with Crippen molar-refractivity contribution < 1.29 is 19.4 Å². The number of carboxylic acid groups (broad SMARTS) is 1. The number of hydrogen-bond acceptors (Lipinski definition) is 3. The Hall–Kier alpha value is -1.58. The Morgan fingerprint density at radius 2 is 0.905 bits per heavy atom. The second-order valence-corrected chi connectivity index (χ2v) is 12.4. The highest BCUT2D eigenvalue weighted by Gasteiger charge is 2.21. The summed E-state index contributed by atoms with van der Waals surface area (Å²) in [4.78, 5) is 23.7. The number of carbonyl (C=O) groups is 2. The summed E-state index contributed by atoms with van der Waals surface area (Å²) in [6.07, 6.45) is 42.1. The molecule has 0 aliphatic carbocycles. The van der Waals surface area contributed by atoms with Crippen LogP contribution in [0.3, 0.4) is 0 Å². The molecule has 0 spiro atoms. The minimum atomic E-state index is -1.01. The van der Waals surface area contributed by atoms with E-state index in [0.717, 1.165) is 44.9 Å². The van der Waals surface area contributed by atoms with E-state index in [2.05, 4.69) is 38.2 Å². The lowest BCUT2D eigenvalue weighted by Gasteiger charge is -2.13. The number of rotatable bonds is 33. The first kappa shape index (κ1) is 40.4. The molecule has 0 fully saturated rings. The Labute approximate surface area is 261 Å². The van der Waals surface area contributed by atoms with Crippen LogP contribution in [0.1, 0.15) is 200 Å². The van der Waals surface area contributed by atoms with Gasteiger partial charge in [0, 0.05) is 6.42 Å². The molecule has 1 N–H and O–H groups in total. The van der Waals surface area contributed by atoms with Gasteiger partial charge in [0.2, 0.25) is 0 Å². The van der Waals surface area contributed by atoms with Crippen molar-refractivity contribution in [1.82, 2.24) is 0 Å². The summed E-state index contributed by atoms with van der Waals surface area (Å²) in [7, 11) is 0. The molecule has 0 aliphatic rings. The number of aliphatic carboxylic acids is 1. The molecule has 0 aromatic carbocycles. The van der Waals surface area contributed by atoms with Crippen LogP contribution in [-0.4, -0.2) is 23.1 Å². The highest BCUT2D eigenvalue weighted by molar-refractivity contribution is 5.77. The molecule has 0 heterocycles. The standard InChI is InChI=1S/C38H70O4/c1-3-5-7-9-11-13-15-16-17-18-19-20-21-22-23-24-25-27-29-31-33-35-37(39)42-36(38(40)41)34-32-30-28-26-14-12-10-8-6-4-2/h11,13,16-17,36H,3-10,12,14-15,18-35H2,1-2H3,(H,40,41)/b13-11-,17-16-. The number of carboxylic acids is 1. The molecule has 0 aromatic rings. The number of allylic oxidation sites excluding steroid dienone is 4. The summed E-state index contributed by atoms with van der Waals surface area (Å²) in [6.45, 7) is 4.49. The van der Waals surface area contributed by atoms with E-state index in [9.17, 15) is 14.7 Å². The molecule has 42 heavy (non-hydrogen) atoms. The first-order chi connectivity index (χ1) is 20.6. The van der Waals surface area contributed by atoms with E-state index in [1.165, 1.54) is 128 Å². The van der Waals surface area contributed by atoms with Gasteiger partial charge in [0.15, 0.2) is 6.10 Å². The summed E-state index contributed by atoms with van der Waals surface area (Å²) in [5.41, 5.74) is 0. The fourth-order valence-electron chi connectivity index (χ4n) is 5.41. The number of ether oxygens (including phenoxy) is 1. The fourth-order valence-corrected chi connectivity index (χ4v) is 5.41. The third-order valence-corrected chi connectivity index (χ3v) is 8.20. The lowest BCUT2D eigenvalue weighted by atomic mass is 10.0. The summed E-state index contributed by atoms with van der Waals surface area (Å²) in [6, 6.07) is 0.